The summed E-state index contributed by atoms with van der Waals surface area (Å²) >= 11 is 0. The van der Waals surface area contributed by atoms with Gasteiger partial charge in [0.25, 0.3) is 10.1 Å². The molecule has 8 nitrogen and oxygen atoms in total. The van der Waals surface area contributed by atoms with Gasteiger partial charge in [-0.25, -0.2) is 4.79 Å². The number of benzene rings is 2. The van der Waals surface area contributed by atoms with Crippen molar-refractivity contribution in [3.63, 3.8) is 0 Å². The van der Waals surface area contributed by atoms with Crippen LogP contribution < -0.4 is 10.1 Å². The third-order valence-corrected chi connectivity index (χ3v) is 4.62. The highest BCUT2D eigenvalue weighted by Gasteiger charge is 2.12. The summed E-state index contributed by atoms with van der Waals surface area (Å²) in [5.74, 6) is 0.114. The Balaban J connectivity index is 1.59. The zero-order valence-electron chi connectivity index (χ0n) is 15.0. The Bertz CT molecular complexity index is 892. The first kappa shape index (κ1) is 21.2. The van der Waals surface area contributed by atoms with Crippen LogP contribution in [0.1, 0.15) is 11.1 Å². The minimum absolute atomic E-state index is 0.0106. The van der Waals surface area contributed by atoms with Gasteiger partial charge in [-0.1, -0.05) is 30.3 Å². The average molecular weight is 404 g/mol. The number of carbonyl (C=O) groups is 1. The molecule has 0 saturated heterocycles. The van der Waals surface area contributed by atoms with Crippen molar-refractivity contribution in [3.05, 3.63) is 65.7 Å². The van der Waals surface area contributed by atoms with Crippen molar-refractivity contribution >= 4 is 16.2 Å². The molecule has 0 atom stereocenters. The lowest BCUT2D eigenvalue weighted by molar-refractivity contribution is 0.137. The number of amides is 1. The fourth-order valence-corrected chi connectivity index (χ4v) is 2.78. The monoisotopic (exact) mass is 404 g/mol. The molecular formula is C19H20N2O6S. The van der Waals surface area contributed by atoms with E-state index in [1.807, 2.05) is 36.4 Å². The van der Waals surface area contributed by atoms with Crippen molar-refractivity contribution in [1.82, 2.24) is 5.32 Å². The molecular weight excluding hydrogens is 384 g/mol. The SMILES string of the molecule is N#Cc1ccc(OCCS(=O)(=O)OCCNC(=O)OCc2ccccc2)cc1. The van der Waals surface area contributed by atoms with Crippen molar-refractivity contribution in [3.8, 4) is 11.8 Å². The zero-order chi connectivity index (χ0) is 20.2. The van der Waals surface area contributed by atoms with Gasteiger partial charge in [-0.15, -0.1) is 0 Å². The Labute approximate surface area is 163 Å². The maximum Gasteiger partial charge on any atom is 0.407 e. The maximum atomic E-state index is 11.8. The van der Waals surface area contributed by atoms with Gasteiger partial charge < -0.3 is 14.8 Å². The second kappa shape index (κ2) is 10.9. The summed E-state index contributed by atoms with van der Waals surface area (Å²) in [6, 6.07) is 17.5. The molecule has 0 aliphatic carbocycles. The second-order valence-corrected chi connectivity index (χ2v) is 7.32. The molecule has 2 aromatic rings. The van der Waals surface area contributed by atoms with Crippen molar-refractivity contribution in [2.75, 3.05) is 25.5 Å². The predicted octanol–water partition coefficient (Wildman–Crippen LogP) is 2.21. The first-order valence-corrected chi connectivity index (χ1v) is 10.0. The van der Waals surface area contributed by atoms with Gasteiger partial charge in [0.1, 0.15) is 24.7 Å². The van der Waals surface area contributed by atoms with Gasteiger partial charge >= 0.3 is 6.09 Å². The van der Waals surface area contributed by atoms with Crippen molar-refractivity contribution in [2.45, 2.75) is 6.61 Å². The lowest BCUT2D eigenvalue weighted by atomic mass is 10.2. The van der Waals surface area contributed by atoms with Crippen molar-refractivity contribution < 1.29 is 26.9 Å². The molecule has 0 fully saturated rings. The average Bonchev–Trinajstić information content (AvgIpc) is 2.71. The second-order valence-electron chi connectivity index (χ2n) is 5.56. The van der Waals surface area contributed by atoms with E-state index in [0.29, 0.717) is 11.3 Å². The largest absolute Gasteiger partial charge is 0.492 e. The Morgan fingerprint density at radius 2 is 1.75 bits per heavy atom. The Hall–Kier alpha value is -3.09. The van der Waals surface area contributed by atoms with Gasteiger partial charge in [-0.05, 0) is 29.8 Å². The lowest BCUT2D eigenvalue weighted by Gasteiger charge is -2.09. The van der Waals surface area contributed by atoms with E-state index in [9.17, 15) is 13.2 Å². The topological polar surface area (TPSA) is 115 Å². The van der Waals surface area contributed by atoms with Gasteiger partial charge in [0.2, 0.25) is 0 Å². The molecule has 148 valence electrons. The fraction of sp³-hybridized carbons (Fsp3) is 0.263. The van der Waals surface area contributed by atoms with Gasteiger partial charge in [0, 0.05) is 6.54 Å². The van der Waals surface area contributed by atoms with Crippen molar-refractivity contribution in [2.24, 2.45) is 0 Å². The van der Waals surface area contributed by atoms with Crippen molar-refractivity contribution in [1.29, 1.82) is 5.26 Å². The predicted molar refractivity (Wildman–Crippen MR) is 101 cm³/mol. The van der Waals surface area contributed by atoms with E-state index >= 15 is 0 Å². The van der Waals surface area contributed by atoms with Crippen LogP contribution >= 0.6 is 0 Å². The summed E-state index contributed by atoms with van der Waals surface area (Å²) < 4.78 is 38.7. The molecule has 0 saturated carbocycles. The lowest BCUT2D eigenvalue weighted by Crippen LogP contribution is -2.29. The first-order valence-electron chi connectivity index (χ1n) is 8.43. The molecule has 1 amide bonds. The Morgan fingerprint density at radius 3 is 2.43 bits per heavy atom. The molecule has 0 heterocycles. The quantitative estimate of drug-likeness (QED) is 0.477. The molecule has 0 aliphatic heterocycles. The number of nitriles is 1. The summed E-state index contributed by atoms with van der Waals surface area (Å²) in [6.07, 6.45) is -0.658. The number of carbonyl (C=O) groups excluding carboxylic acids is 1. The van der Waals surface area contributed by atoms with Crippen LogP contribution in [0.15, 0.2) is 54.6 Å². The van der Waals surface area contributed by atoms with E-state index in [-0.39, 0.29) is 32.1 Å². The summed E-state index contributed by atoms with van der Waals surface area (Å²) in [5, 5.41) is 11.1. The highest BCUT2D eigenvalue weighted by Crippen LogP contribution is 2.11. The highest BCUT2D eigenvalue weighted by atomic mass is 32.2. The van der Waals surface area contributed by atoms with E-state index in [2.05, 4.69) is 5.32 Å². The highest BCUT2D eigenvalue weighted by molar-refractivity contribution is 7.86. The molecule has 0 unspecified atom stereocenters. The van der Waals surface area contributed by atoms with Gasteiger partial charge in [0.15, 0.2) is 0 Å². The fourth-order valence-electron chi connectivity index (χ4n) is 2.04. The maximum absolute atomic E-state index is 11.8. The van der Waals surface area contributed by atoms with Gasteiger partial charge in [-0.3, -0.25) is 4.18 Å². The molecule has 0 aliphatic rings. The molecule has 0 spiro atoms. The molecule has 28 heavy (non-hydrogen) atoms. The van der Waals surface area contributed by atoms with Crippen LogP contribution in [-0.2, 0) is 25.6 Å². The minimum Gasteiger partial charge on any atom is -0.492 e. The molecule has 0 radical (unpaired) electrons. The Morgan fingerprint density at radius 1 is 1.04 bits per heavy atom. The molecule has 2 rings (SSSR count). The molecule has 2 aromatic carbocycles. The summed E-state index contributed by atoms with van der Waals surface area (Å²) in [7, 11) is -3.79. The number of alkyl carbamates (subject to hydrolysis) is 1. The van der Waals surface area contributed by atoms with E-state index in [1.165, 1.54) is 0 Å². The van der Waals surface area contributed by atoms with E-state index < -0.39 is 16.2 Å². The van der Waals surface area contributed by atoms with Crippen LogP contribution in [0.2, 0.25) is 0 Å². The van der Waals surface area contributed by atoms with Gasteiger partial charge in [-0.2, -0.15) is 13.7 Å². The third kappa shape index (κ3) is 8.07. The molecule has 0 aromatic heterocycles. The van der Waals surface area contributed by atoms with Crippen LogP contribution in [-0.4, -0.2) is 40.0 Å². The van der Waals surface area contributed by atoms with Crippen LogP contribution in [0.4, 0.5) is 4.79 Å². The summed E-state index contributed by atoms with van der Waals surface area (Å²) in [6.45, 7) is -0.192. The molecule has 0 bridgehead atoms. The van der Waals surface area contributed by atoms with Crippen LogP contribution in [0.5, 0.6) is 5.75 Å². The number of nitrogens with zero attached hydrogens (tertiary/aromatic N) is 1. The van der Waals surface area contributed by atoms with Gasteiger partial charge in [0.05, 0.1) is 18.2 Å². The number of hydrogen-bond donors (Lipinski definition) is 1. The normalized spacial score (nSPS) is 10.7. The molecule has 9 heteroatoms. The number of nitrogens with one attached hydrogen (secondary N) is 1. The van der Waals surface area contributed by atoms with E-state index in [4.69, 9.17) is 18.9 Å². The zero-order valence-corrected chi connectivity index (χ0v) is 15.9. The summed E-state index contributed by atoms with van der Waals surface area (Å²) in [5.41, 5.74) is 1.33. The molecule has 1 N–H and O–H groups in total. The number of ether oxygens (including phenoxy) is 2. The number of hydrogen-bond acceptors (Lipinski definition) is 7. The standard InChI is InChI=1S/C19H20N2O6S/c20-14-16-6-8-18(9-7-16)25-12-13-28(23,24)27-11-10-21-19(22)26-15-17-4-2-1-3-5-17/h1-9H,10-13,15H2,(H,21,22). The van der Waals surface area contributed by atoms with Crippen LogP contribution in [0, 0.1) is 11.3 Å². The third-order valence-electron chi connectivity index (χ3n) is 3.43. The van der Waals surface area contributed by atoms with E-state index in [0.717, 1.165) is 5.56 Å². The van der Waals surface area contributed by atoms with E-state index in [1.54, 1.807) is 24.3 Å². The smallest absolute Gasteiger partial charge is 0.407 e. The minimum atomic E-state index is -3.79. The van der Waals surface area contributed by atoms with Crippen LogP contribution in [0.25, 0.3) is 0 Å². The number of rotatable bonds is 10. The van der Waals surface area contributed by atoms with Crippen LogP contribution in [0.3, 0.4) is 0 Å². The first-order chi connectivity index (χ1) is 13.5. The Kier molecular flexibility index (Phi) is 8.27. The summed E-state index contributed by atoms with van der Waals surface area (Å²) in [4.78, 5) is 11.5.